The first-order chi connectivity index (χ1) is 9.58. The van der Waals surface area contributed by atoms with E-state index in [4.69, 9.17) is 0 Å². The molecule has 1 aliphatic heterocycles. The summed E-state index contributed by atoms with van der Waals surface area (Å²) in [5.41, 5.74) is -2.09. The van der Waals surface area contributed by atoms with Gasteiger partial charge in [0.05, 0.1) is 15.9 Å². The maximum atomic E-state index is 12.9. The van der Waals surface area contributed by atoms with Crippen LogP contribution in [0.2, 0.25) is 0 Å². The highest BCUT2D eigenvalue weighted by molar-refractivity contribution is 9.10. The fourth-order valence-electron chi connectivity index (χ4n) is 1.96. The molecule has 1 N–H and O–H groups in total. The number of amides is 1. The van der Waals surface area contributed by atoms with Crippen molar-refractivity contribution >= 4 is 28.1 Å². The van der Waals surface area contributed by atoms with E-state index in [0.29, 0.717) is 15.9 Å². The van der Waals surface area contributed by atoms with Gasteiger partial charge in [0.15, 0.2) is 0 Å². The molecule has 21 heavy (non-hydrogen) atoms. The molecule has 1 aromatic heterocycles. The highest BCUT2D eigenvalue weighted by Gasteiger charge is 2.61. The van der Waals surface area contributed by atoms with Crippen LogP contribution in [-0.4, -0.2) is 43.9 Å². The van der Waals surface area contributed by atoms with E-state index in [1.54, 1.807) is 13.8 Å². The molecule has 1 amide bonds. The minimum Gasteiger partial charge on any atom is -0.362 e. The number of alkyl halides is 3. The number of aryl methyl sites for hydroxylation is 1. The zero-order valence-corrected chi connectivity index (χ0v) is 12.7. The third kappa shape index (κ3) is 2.57. The van der Waals surface area contributed by atoms with Gasteiger partial charge in [-0.1, -0.05) is 0 Å². The van der Waals surface area contributed by atoms with Crippen LogP contribution in [0.4, 0.5) is 13.2 Å². The van der Waals surface area contributed by atoms with Crippen molar-refractivity contribution in [2.45, 2.75) is 38.7 Å². The molecule has 1 atom stereocenters. The van der Waals surface area contributed by atoms with Crippen LogP contribution in [0, 0.1) is 13.8 Å². The molecule has 0 radical (unpaired) electrons. The maximum absolute atomic E-state index is 12.9. The lowest BCUT2D eigenvalue weighted by atomic mass is 10.1. The molecule has 0 bridgehead atoms. The Labute approximate surface area is 126 Å². The molecular formula is C11H12BrF3N4O2. The normalized spacial score (nSPS) is 22.1. The van der Waals surface area contributed by atoms with E-state index in [-0.39, 0.29) is 5.01 Å². The molecule has 0 fully saturated rings. The molecule has 116 valence electrons. The Balaban J connectivity index is 2.24. The summed E-state index contributed by atoms with van der Waals surface area (Å²) in [5.74, 6) is -0.998. The first kappa shape index (κ1) is 16.0. The second-order valence-electron chi connectivity index (χ2n) is 4.66. The Hall–Kier alpha value is -1.42. The lowest BCUT2D eigenvalue weighted by molar-refractivity contribution is -0.302. The van der Waals surface area contributed by atoms with Gasteiger partial charge in [0.1, 0.15) is 6.54 Å². The number of hydrogen-bond donors (Lipinski definition) is 1. The Morgan fingerprint density at radius 3 is 2.62 bits per heavy atom. The molecule has 0 saturated heterocycles. The molecule has 0 unspecified atom stereocenters. The van der Waals surface area contributed by atoms with Gasteiger partial charge >= 0.3 is 6.18 Å². The summed E-state index contributed by atoms with van der Waals surface area (Å²) in [6, 6.07) is 0. The smallest absolute Gasteiger partial charge is 0.362 e. The average Bonchev–Trinajstić information content (AvgIpc) is 2.87. The van der Waals surface area contributed by atoms with E-state index in [1.807, 2.05) is 0 Å². The van der Waals surface area contributed by atoms with Crippen LogP contribution in [0.5, 0.6) is 0 Å². The number of aromatic nitrogens is 2. The fraction of sp³-hybridized carbons (Fsp3) is 0.545. The first-order valence-corrected chi connectivity index (χ1v) is 6.71. The minimum atomic E-state index is -4.99. The summed E-state index contributed by atoms with van der Waals surface area (Å²) >= 11 is 3.26. The predicted molar refractivity (Wildman–Crippen MR) is 70.4 cm³/mol. The summed E-state index contributed by atoms with van der Waals surface area (Å²) < 4.78 is 40.6. The highest BCUT2D eigenvalue weighted by atomic mass is 79.9. The minimum absolute atomic E-state index is 0.0668. The molecule has 0 saturated carbocycles. The molecular weight excluding hydrogens is 357 g/mol. The molecule has 2 heterocycles. The van der Waals surface area contributed by atoms with Gasteiger partial charge in [-0.25, -0.2) is 0 Å². The van der Waals surface area contributed by atoms with Crippen molar-refractivity contribution in [1.82, 2.24) is 14.8 Å². The van der Waals surface area contributed by atoms with Crippen LogP contribution in [0.25, 0.3) is 0 Å². The van der Waals surface area contributed by atoms with Crippen LogP contribution in [0.1, 0.15) is 17.8 Å². The number of carbonyl (C=O) groups excluding carboxylic acids is 1. The Morgan fingerprint density at radius 1 is 1.52 bits per heavy atom. The van der Waals surface area contributed by atoms with Gasteiger partial charge in [0.2, 0.25) is 0 Å². The van der Waals surface area contributed by atoms with Crippen LogP contribution >= 0.6 is 15.9 Å². The van der Waals surface area contributed by atoms with E-state index in [9.17, 15) is 23.1 Å². The summed E-state index contributed by atoms with van der Waals surface area (Å²) in [5, 5.41) is 17.1. The molecule has 6 nitrogen and oxygen atoms in total. The second-order valence-corrected chi connectivity index (χ2v) is 5.46. The predicted octanol–water partition coefficient (Wildman–Crippen LogP) is 1.73. The highest BCUT2D eigenvalue weighted by Crippen LogP contribution is 2.38. The third-order valence-corrected chi connectivity index (χ3v) is 4.34. The molecule has 10 heteroatoms. The van der Waals surface area contributed by atoms with Crippen LogP contribution in [-0.2, 0) is 11.3 Å². The zero-order valence-electron chi connectivity index (χ0n) is 11.1. The lowest BCUT2D eigenvalue weighted by Crippen LogP contribution is -2.57. The van der Waals surface area contributed by atoms with Crippen molar-refractivity contribution < 1.29 is 23.1 Å². The molecule has 0 spiro atoms. The topological polar surface area (TPSA) is 70.7 Å². The van der Waals surface area contributed by atoms with Gasteiger partial charge < -0.3 is 5.11 Å². The first-order valence-electron chi connectivity index (χ1n) is 5.92. The van der Waals surface area contributed by atoms with E-state index in [2.05, 4.69) is 26.1 Å². The van der Waals surface area contributed by atoms with Gasteiger partial charge in [-0.05, 0) is 29.8 Å². The number of rotatable bonds is 2. The van der Waals surface area contributed by atoms with Crippen molar-refractivity contribution in [1.29, 1.82) is 0 Å². The standard InChI is InChI=1S/C11H12BrF3N4O2/c1-6-9(12)7(2)18(17-6)5-8(20)19-10(21,3-4-16-19)11(13,14)15/h4,21H,3,5H2,1-2H3/t10-/m0/s1. The second kappa shape index (κ2) is 5.09. The maximum Gasteiger partial charge on any atom is 0.438 e. The van der Waals surface area contributed by atoms with Crippen LogP contribution in [0.15, 0.2) is 9.57 Å². The molecule has 0 aromatic carbocycles. The van der Waals surface area contributed by atoms with Crippen molar-refractivity contribution in [3.8, 4) is 0 Å². The molecule has 1 aliphatic rings. The average molecular weight is 369 g/mol. The SMILES string of the molecule is Cc1nn(CC(=O)N2N=CC[C@]2(O)C(F)(F)F)c(C)c1Br. The summed E-state index contributed by atoms with van der Waals surface area (Å²) in [6.45, 7) is 2.91. The number of nitrogens with zero attached hydrogens (tertiary/aromatic N) is 4. The summed E-state index contributed by atoms with van der Waals surface area (Å²) in [7, 11) is 0. The van der Waals surface area contributed by atoms with Gasteiger partial charge in [-0.2, -0.15) is 28.4 Å². The quantitative estimate of drug-likeness (QED) is 0.863. The van der Waals surface area contributed by atoms with Crippen molar-refractivity contribution in [2.24, 2.45) is 5.10 Å². The van der Waals surface area contributed by atoms with Gasteiger partial charge in [-0.3, -0.25) is 9.48 Å². The van der Waals surface area contributed by atoms with E-state index < -0.39 is 30.8 Å². The van der Waals surface area contributed by atoms with Gasteiger partial charge in [0, 0.05) is 12.6 Å². The largest absolute Gasteiger partial charge is 0.438 e. The number of carbonyl (C=O) groups is 1. The monoisotopic (exact) mass is 368 g/mol. The van der Waals surface area contributed by atoms with Crippen molar-refractivity contribution in [3.63, 3.8) is 0 Å². The number of hydrogen-bond acceptors (Lipinski definition) is 4. The van der Waals surface area contributed by atoms with E-state index in [1.165, 1.54) is 4.68 Å². The van der Waals surface area contributed by atoms with Crippen molar-refractivity contribution in [2.75, 3.05) is 0 Å². The summed E-state index contributed by atoms with van der Waals surface area (Å²) in [4.78, 5) is 12.0. The molecule has 1 aromatic rings. The Bertz CT molecular complexity index is 613. The van der Waals surface area contributed by atoms with E-state index in [0.717, 1.165) is 6.21 Å². The Kier molecular flexibility index (Phi) is 3.87. The lowest BCUT2D eigenvalue weighted by Gasteiger charge is -2.32. The molecule has 0 aliphatic carbocycles. The zero-order chi connectivity index (χ0) is 16.0. The van der Waals surface area contributed by atoms with Gasteiger partial charge in [-0.15, -0.1) is 0 Å². The van der Waals surface area contributed by atoms with E-state index >= 15 is 0 Å². The van der Waals surface area contributed by atoms with Gasteiger partial charge in [0.25, 0.3) is 11.6 Å². The Morgan fingerprint density at radius 2 is 2.14 bits per heavy atom. The van der Waals surface area contributed by atoms with Crippen molar-refractivity contribution in [3.05, 3.63) is 15.9 Å². The fourth-order valence-corrected chi connectivity index (χ4v) is 2.25. The van der Waals surface area contributed by atoms with Crippen LogP contribution in [0.3, 0.4) is 0 Å². The van der Waals surface area contributed by atoms with Crippen LogP contribution < -0.4 is 0 Å². The summed E-state index contributed by atoms with van der Waals surface area (Å²) in [6.07, 6.45) is -4.92. The number of hydrazone groups is 1. The molecule has 2 rings (SSSR count). The third-order valence-electron chi connectivity index (χ3n) is 3.19. The number of aliphatic hydroxyl groups is 1. The number of halogens is 4.